The van der Waals surface area contributed by atoms with E-state index in [2.05, 4.69) is 22.5 Å². The molecule has 7 heteroatoms. The minimum Gasteiger partial charge on any atom is -0.441 e. The zero-order valence-electron chi connectivity index (χ0n) is 13.6. The van der Waals surface area contributed by atoms with E-state index in [9.17, 15) is 4.79 Å². The van der Waals surface area contributed by atoms with Crippen molar-refractivity contribution in [2.24, 2.45) is 0 Å². The highest BCUT2D eigenvalue weighted by molar-refractivity contribution is 6.36. The van der Waals surface area contributed by atoms with Crippen LogP contribution in [0.3, 0.4) is 0 Å². The van der Waals surface area contributed by atoms with Crippen LogP contribution in [0.2, 0.25) is 10.0 Å². The lowest BCUT2D eigenvalue weighted by molar-refractivity contribution is -0.121. The lowest BCUT2D eigenvalue weighted by Gasteiger charge is -2.05. The van der Waals surface area contributed by atoms with E-state index >= 15 is 0 Å². The minimum atomic E-state index is -0.0161. The molecule has 5 nitrogen and oxygen atoms in total. The maximum Gasteiger partial charge on any atom is 0.220 e. The number of rotatable bonds is 9. The third-order valence-corrected chi connectivity index (χ3v) is 3.91. The number of nitrogens with zero attached hydrogens (tertiary/aromatic N) is 1. The number of carbonyl (C=O) groups is 1. The first kappa shape index (κ1) is 18.8. The molecule has 2 rings (SSSR count). The molecule has 0 spiro atoms. The molecule has 2 aromatic rings. The van der Waals surface area contributed by atoms with Gasteiger partial charge in [0.05, 0.1) is 11.2 Å². The molecule has 0 bridgehead atoms. The molecule has 1 amide bonds. The topological polar surface area (TPSA) is 67.2 Å². The van der Waals surface area contributed by atoms with Crippen molar-refractivity contribution < 1.29 is 9.21 Å². The number of aryl methyl sites for hydroxylation is 1. The number of carbonyl (C=O) groups excluding carboxylic acids is 1. The van der Waals surface area contributed by atoms with E-state index in [0.29, 0.717) is 41.1 Å². The van der Waals surface area contributed by atoms with E-state index in [1.807, 2.05) is 0 Å². The largest absolute Gasteiger partial charge is 0.441 e. The van der Waals surface area contributed by atoms with Crippen LogP contribution in [0.5, 0.6) is 0 Å². The van der Waals surface area contributed by atoms with Crippen molar-refractivity contribution in [3.63, 3.8) is 0 Å². The number of nitrogens with one attached hydrogen (secondary N) is 2. The SMILES string of the molecule is CCCNCCNC(=O)CCc1ncc(-c2ccc(Cl)cc2Cl)o1. The van der Waals surface area contributed by atoms with Crippen LogP contribution in [0.25, 0.3) is 11.3 Å². The van der Waals surface area contributed by atoms with Crippen molar-refractivity contribution in [1.82, 2.24) is 15.6 Å². The van der Waals surface area contributed by atoms with Crippen molar-refractivity contribution in [3.05, 3.63) is 40.3 Å². The molecule has 0 aliphatic carbocycles. The number of hydrogen-bond acceptors (Lipinski definition) is 4. The fourth-order valence-corrected chi connectivity index (χ4v) is 2.64. The summed E-state index contributed by atoms with van der Waals surface area (Å²) in [6, 6.07) is 5.18. The second kappa shape index (κ2) is 9.67. The molecule has 0 atom stereocenters. The van der Waals surface area contributed by atoms with Gasteiger partial charge < -0.3 is 15.1 Å². The first-order valence-corrected chi connectivity index (χ1v) is 8.73. The van der Waals surface area contributed by atoms with Crippen molar-refractivity contribution in [2.75, 3.05) is 19.6 Å². The number of halogens is 2. The summed E-state index contributed by atoms with van der Waals surface area (Å²) in [5.41, 5.74) is 0.728. The van der Waals surface area contributed by atoms with E-state index in [0.717, 1.165) is 25.1 Å². The van der Waals surface area contributed by atoms with Gasteiger partial charge in [0.15, 0.2) is 11.7 Å². The predicted molar refractivity (Wildman–Crippen MR) is 96.5 cm³/mol. The fourth-order valence-electron chi connectivity index (χ4n) is 2.14. The number of benzene rings is 1. The summed E-state index contributed by atoms with van der Waals surface area (Å²) in [7, 11) is 0. The molecule has 1 aromatic heterocycles. The normalized spacial score (nSPS) is 10.8. The lowest BCUT2D eigenvalue weighted by Crippen LogP contribution is -2.32. The number of hydrogen-bond donors (Lipinski definition) is 2. The lowest BCUT2D eigenvalue weighted by atomic mass is 10.2. The first-order valence-electron chi connectivity index (χ1n) is 7.97. The maximum absolute atomic E-state index is 11.8. The standard InChI is InChI=1S/C17H21Cl2N3O2/c1-2-7-20-8-9-21-16(23)5-6-17-22-11-15(24-17)13-4-3-12(18)10-14(13)19/h3-4,10-11,20H,2,5-9H2,1H3,(H,21,23). The molecule has 130 valence electrons. The Kier molecular flexibility index (Phi) is 7.56. The molecule has 0 aliphatic heterocycles. The molecule has 0 radical (unpaired) electrons. The monoisotopic (exact) mass is 369 g/mol. The average Bonchev–Trinajstić information content (AvgIpc) is 3.01. The van der Waals surface area contributed by atoms with E-state index in [4.69, 9.17) is 27.6 Å². The predicted octanol–water partition coefficient (Wildman–Crippen LogP) is 3.70. The molecule has 24 heavy (non-hydrogen) atoms. The molecule has 1 aromatic carbocycles. The summed E-state index contributed by atoms with van der Waals surface area (Å²) >= 11 is 12.0. The van der Waals surface area contributed by atoms with Gasteiger partial charge in [0.25, 0.3) is 0 Å². The highest BCUT2D eigenvalue weighted by Gasteiger charge is 2.11. The van der Waals surface area contributed by atoms with Gasteiger partial charge >= 0.3 is 0 Å². The zero-order chi connectivity index (χ0) is 17.4. The Morgan fingerprint density at radius 3 is 2.83 bits per heavy atom. The van der Waals surface area contributed by atoms with Crippen LogP contribution in [-0.4, -0.2) is 30.5 Å². The Morgan fingerprint density at radius 2 is 2.08 bits per heavy atom. The quantitative estimate of drug-likeness (QED) is 0.661. The van der Waals surface area contributed by atoms with Crippen molar-refractivity contribution >= 4 is 29.1 Å². The number of amides is 1. The first-order chi connectivity index (χ1) is 11.6. The molecule has 2 N–H and O–H groups in total. The third-order valence-electron chi connectivity index (χ3n) is 3.37. The van der Waals surface area contributed by atoms with Crippen LogP contribution < -0.4 is 10.6 Å². The summed E-state index contributed by atoms with van der Waals surface area (Å²) in [6.45, 7) is 4.46. The summed E-state index contributed by atoms with van der Waals surface area (Å²) in [5.74, 6) is 1.06. The van der Waals surface area contributed by atoms with E-state index in [1.165, 1.54) is 0 Å². The van der Waals surface area contributed by atoms with Gasteiger partial charge in [-0.1, -0.05) is 30.1 Å². The van der Waals surface area contributed by atoms with Gasteiger partial charge in [0.2, 0.25) is 5.91 Å². The number of aromatic nitrogens is 1. The van der Waals surface area contributed by atoms with E-state index < -0.39 is 0 Å². The second-order valence-electron chi connectivity index (χ2n) is 5.34. The van der Waals surface area contributed by atoms with Crippen LogP contribution in [0, 0.1) is 0 Å². The summed E-state index contributed by atoms with van der Waals surface area (Å²) in [4.78, 5) is 16.0. The van der Waals surface area contributed by atoms with Crippen LogP contribution >= 0.6 is 23.2 Å². The molecule has 1 heterocycles. The van der Waals surface area contributed by atoms with Crippen molar-refractivity contribution in [2.45, 2.75) is 26.2 Å². The Bertz CT molecular complexity index is 674. The number of oxazole rings is 1. The van der Waals surface area contributed by atoms with Crippen LogP contribution in [0.1, 0.15) is 25.7 Å². The fraction of sp³-hybridized carbons (Fsp3) is 0.412. The summed E-state index contributed by atoms with van der Waals surface area (Å²) in [6.07, 6.45) is 3.47. The van der Waals surface area contributed by atoms with E-state index in [-0.39, 0.29) is 5.91 Å². The van der Waals surface area contributed by atoms with Crippen molar-refractivity contribution in [1.29, 1.82) is 0 Å². The maximum atomic E-state index is 11.8. The third kappa shape index (κ3) is 5.82. The molecular weight excluding hydrogens is 349 g/mol. The molecule has 0 unspecified atom stereocenters. The van der Waals surface area contributed by atoms with Gasteiger partial charge in [0, 0.05) is 36.5 Å². The highest BCUT2D eigenvalue weighted by atomic mass is 35.5. The Balaban J connectivity index is 1.80. The van der Waals surface area contributed by atoms with Crippen molar-refractivity contribution in [3.8, 4) is 11.3 Å². The molecule has 0 saturated heterocycles. The van der Waals surface area contributed by atoms with E-state index in [1.54, 1.807) is 24.4 Å². The van der Waals surface area contributed by atoms with Gasteiger partial charge in [0.1, 0.15) is 0 Å². The minimum absolute atomic E-state index is 0.0161. The highest BCUT2D eigenvalue weighted by Crippen LogP contribution is 2.30. The summed E-state index contributed by atoms with van der Waals surface area (Å²) in [5, 5.41) is 7.15. The second-order valence-corrected chi connectivity index (χ2v) is 6.19. The molecule has 0 aliphatic rings. The Hall–Kier alpha value is -1.56. The zero-order valence-corrected chi connectivity index (χ0v) is 15.1. The van der Waals surface area contributed by atoms with Crippen LogP contribution in [-0.2, 0) is 11.2 Å². The average molecular weight is 370 g/mol. The smallest absolute Gasteiger partial charge is 0.220 e. The van der Waals surface area contributed by atoms with Gasteiger partial charge in [-0.25, -0.2) is 4.98 Å². The van der Waals surface area contributed by atoms with Gasteiger partial charge in [-0.2, -0.15) is 0 Å². The van der Waals surface area contributed by atoms with Crippen LogP contribution in [0.15, 0.2) is 28.8 Å². The van der Waals surface area contributed by atoms with Gasteiger partial charge in [-0.3, -0.25) is 4.79 Å². The van der Waals surface area contributed by atoms with Gasteiger partial charge in [-0.05, 0) is 31.2 Å². The Labute approximate surface area is 151 Å². The molecular formula is C17H21Cl2N3O2. The Morgan fingerprint density at radius 1 is 1.25 bits per heavy atom. The van der Waals surface area contributed by atoms with Crippen LogP contribution in [0.4, 0.5) is 0 Å². The molecule has 0 fully saturated rings. The van der Waals surface area contributed by atoms with Gasteiger partial charge in [-0.15, -0.1) is 0 Å². The molecule has 0 saturated carbocycles. The summed E-state index contributed by atoms with van der Waals surface area (Å²) < 4.78 is 5.67.